The van der Waals surface area contributed by atoms with Crippen molar-refractivity contribution in [2.45, 2.75) is 5.03 Å². The van der Waals surface area contributed by atoms with Crippen molar-refractivity contribution >= 4 is 70.8 Å². The van der Waals surface area contributed by atoms with Crippen LogP contribution in [0.1, 0.15) is 0 Å². The second-order valence-corrected chi connectivity index (χ2v) is 7.74. The molecule has 0 unspecified atom stereocenters. The molecule has 2 rings (SSSR count). The number of nitrogens with zero attached hydrogens (tertiary/aromatic N) is 3. The Morgan fingerprint density at radius 1 is 1.25 bits per heavy atom. The molecule has 0 radical (unpaired) electrons. The van der Waals surface area contributed by atoms with Crippen LogP contribution in [0.15, 0.2) is 26.2 Å². The van der Waals surface area contributed by atoms with E-state index in [1.54, 1.807) is 0 Å². The van der Waals surface area contributed by atoms with Crippen molar-refractivity contribution in [2.75, 3.05) is 4.72 Å². The molecular weight excluding hydrogens is 459 g/mol. The zero-order chi connectivity index (χ0) is 15.1. The highest BCUT2D eigenvalue weighted by Gasteiger charge is 2.25. The smallest absolute Gasteiger partial charge is 0.275 e. The van der Waals surface area contributed by atoms with Gasteiger partial charge in [-0.2, -0.15) is 8.42 Å². The molecule has 0 aliphatic heterocycles. The Morgan fingerprint density at radius 3 is 2.25 bits per heavy atom. The fourth-order valence-corrected chi connectivity index (χ4v) is 5.04. The number of benzene rings is 1. The summed E-state index contributed by atoms with van der Waals surface area (Å²) in [6.07, 6.45) is 0. The summed E-state index contributed by atoms with van der Waals surface area (Å²) in [7, 11) is -2.48. The second-order valence-electron chi connectivity index (χ2n) is 3.66. The van der Waals surface area contributed by atoms with Gasteiger partial charge >= 0.3 is 0 Å². The van der Waals surface area contributed by atoms with E-state index in [0.29, 0.717) is 4.47 Å². The number of halogens is 4. The highest BCUT2D eigenvalue weighted by molar-refractivity contribution is 9.10. The van der Waals surface area contributed by atoms with Crippen LogP contribution in [0.4, 0.5) is 5.69 Å². The van der Waals surface area contributed by atoms with Crippen LogP contribution in [-0.4, -0.2) is 23.4 Å². The number of aryl methyl sites for hydroxylation is 1. The van der Waals surface area contributed by atoms with E-state index in [2.05, 4.69) is 46.9 Å². The number of hydrogen-bond acceptors (Lipinski definition) is 4. The molecule has 11 heteroatoms. The van der Waals surface area contributed by atoms with E-state index in [0.717, 1.165) is 4.68 Å². The van der Waals surface area contributed by atoms with Gasteiger partial charge in [-0.1, -0.05) is 44.3 Å². The standard InChI is InChI=1S/C9H6Br2Cl2N4O2S/c1-17-9(8(11)14-16-17)20(18,19)15-7-5(12)2-4(10)3-6(7)13/h2-3,15H,1H3. The number of rotatable bonds is 3. The molecule has 2 aromatic rings. The third-order valence-corrected chi connectivity index (χ3v) is 5.53. The third kappa shape index (κ3) is 3.11. The minimum atomic E-state index is -3.93. The SMILES string of the molecule is Cn1nnc(Br)c1S(=O)(=O)Nc1c(Cl)cc(Br)cc1Cl. The Hall–Kier alpha value is -0.350. The lowest BCUT2D eigenvalue weighted by molar-refractivity contribution is 0.578. The Kier molecular flexibility index (Phi) is 4.65. The molecule has 0 amide bonds. The molecule has 1 aromatic heterocycles. The van der Waals surface area contributed by atoms with Crippen LogP contribution in [0, 0.1) is 0 Å². The summed E-state index contributed by atoms with van der Waals surface area (Å²) >= 11 is 18.2. The monoisotopic (exact) mass is 462 g/mol. The lowest BCUT2D eigenvalue weighted by Gasteiger charge is -2.11. The van der Waals surface area contributed by atoms with Crippen molar-refractivity contribution in [1.29, 1.82) is 0 Å². The average molecular weight is 465 g/mol. The average Bonchev–Trinajstić information content (AvgIpc) is 2.64. The maximum absolute atomic E-state index is 12.3. The van der Waals surface area contributed by atoms with Crippen LogP contribution >= 0.6 is 55.1 Å². The summed E-state index contributed by atoms with van der Waals surface area (Å²) in [6, 6.07) is 3.06. The van der Waals surface area contributed by atoms with Crippen molar-refractivity contribution in [3.63, 3.8) is 0 Å². The zero-order valence-corrected chi connectivity index (χ0v) is 15.2. The number of aromatic nitrogens is 3. The lowest BCUT2D eigenvalue weighted by Crippen LogP contribution is -2.17. The summed E-state index contributed by atoms with van der Waals surface area (Å²) < 4.78 is 28.8. The molecule has 0 aliphatic rings. The molecule has 108 valence electrons. The highest BCUT2D eigenvalue weighted by atomic mass is 79.9. The summed E-state index contributed by atoms with van der Waals surface area (Å²) in [6.45, 7) is 0. The molecule has 0 saturated carbocycles. The Labute approximate surface area is 141 Å². The molecule has 0 aliphatic carbocycles. The van der Waals surface area contributed by atoms with Gasteiger partial charge in [0, 0.05) is 11.5 Å². The summed E-state index contributed by atoms with van der Waals surface area (Å²) in [5, 5.41) is 7.43. The molecule has 20 heavy (non-hydrogen) atoms. The van der Waals surface area contributed by atoms with E-state index in [4.69, 9.17) is 23.2 Å². The van der Waals surface area contributed by atoms with Crippen molar-refractivity contribution in [3.8, 4) is 0 Å². The molecule has 1 heterocycles. The van der Waals surface area contributed by atoms with Gasteiger partial charge in [-0.05, 0) is 28.1 Å². The molecule has 0 bridgehead atoms. The summed E-state index contributed by atoms with van der Waals surface area (Å²) in [4.78, 5) is 0. The molecule has 0 fully saturated rings. The molecule has 1 aromatic carbocycles. The normalized spacial score (nSPS) is 11.7. The second kappa shape index (κ2) is 5.80. The van der Waals surface area contributed by atoms with Crippen LogP contribution in [0.5, 0.6) is 0 Å². The van der Waals surface area contributed by atoms with E-state index in [9.17, 15) is 8.42 Å². The first-order chi connectivity index (χ1) is 9.22. The van der Waals surface area contributed by atoms with E-state index < -0.39 is 10.0 Å². The number of nitrogens with one attached hydrogen (secondary N) is 1. The van der Waals surface area contributed by atoms with Crippen LogP contribution in [0.3, 0.4) is 0 Å². The summed E-state index contributed by atoms with van der Waals surface area (Å²) in [5.41, 5.74) is 0.0876. The zero-order valence-electron chi connectivity index (χ0n) is 9.73. The highest BCUT2D eigenvalue weighted by Crippen LogP contribution is 2.35. The van der Waals surface area contributed by atoms with Gasteiger partial charge in [-0.15, -0.1) is 5.10 Å². The predicted molar refractivity (Wildman–Crippen MR) is 83.7 cm³/mol. The fraction of sp³-hybridized carbons (Fsp3) is 0.111. The predicted octanol–water partition coefficient (Wildman–Crippen LogP) is 3.45. The van der Waals surface area contributed by atoms with Crippen molar-refractivity contribution in [2.24, 2.45) is 7.05 Å². The number of sulfonamides is 1. The Morgan fingerprint density at radius 2 is 1.80 bits per heavy atom. The molecule has 1 N–H and O–H groups in total. The maximum atomic E-state index is 12.3. The van der Waals surface area contributed by atoms with Gasteiger partial charge < -0.3 is 0 Å². The Balaban J connectivity index is 2.50. The van der Waals surface area contributed by atoms with Gasteiger partial charge in [0.25, 0.3) is 10.0 Å². The quantitative estimate of drug-likeness (QED) is 0.754. The van der Waals surface area contributed by atoms with Gasteiger partial charge in [0.05, 0.1) is 15.7 Å². The minimum Gasteiger partial charge on any atom is -0.275 e. The molecule has 0 saturated heterocycles. The van der Waals surface area contributed by atoms with Gasteiger partial charge in [-0.3, -0.25) is 4.72 Å². The van der Waals surface area contributed by atoms with Crippen LogP contribution in [0.25, 0.3) is 0 Å². The van der Waals surface area contributed by atoms with Gasteiger partial charge in [0.15, 0.2) is 4.60 Å². The lowest BCUT2D eigenvalue weighted by atomic mass is 10.3. The van der Waals surface area contributed by atoms with Gasteiger partial charge in [0.2, 0.25) is 5.03 Å². The van der Waals surface area contributed by atoms with Crippen molar-refractivity contribution < 1.29 is 8.42 Å². The topological polar surface area (TPSA) is 76.9 Å². The molecule has 0 spiro atoms. The van der Waals surface area contributed by atoms with Crippen LogP contribution in [-0.2, 0) is 17.1 Å². The van der Waals surface area contributed by atoms with Gasteiger partial charge in [0.1, 0.15) is 0 Å². The van der Waals surface area contributed by atoms with Crippen LogP contribution in [0.2, 0.25) is 10.0 Å². The van der Waals surface area contributed by atoms with E-state index >= 15 is 0 Å². The van der Waals surface area contributed by atoms with E-state index in [-0.39, 0.29) is 25.4 Å². The first kappa shape index (κ1) is 16.0. The van der Waals surface area contributed by atoms with E-state index in [1.807, 2.05) is 0 Å². The first-order valence-corrected chi connectivity index (χ1v) is 8.77. The first-order valence-electron chi connectivity index (χ1n) is 4.95. The van der Waals surface area contributed by atoms with E-state index in [1.165, 1.54) is 19.2 Å². The minimum absolute atomic E-state index is 0.0876. The molecular formula is C9H6Br2Cl2N4O2S. The van der Waals surface area contributed by atoms with Crippen LogP contribution < -0.4 is 4.72 Å². The molecule has 0 atom stereocenters. The van der Waals surface area contributed by atoms with Crippen molar-refractivity contribution in [1.82, 2.24) is 15.0 Å². The van der Waals surface area contributed by atoms with Crippen molar-refractivity contribution in [3.05, 3.63) is 31.3 Å². The largest absolute Gasteiger partial charge is 0.282 e. The fourth-order valence-electron chi connectivity index (χ4n) is 1.43. The molecule has 6 nitrogen and oxygen atoms in total. The maximum Gasteiger partial charge on any atom is 0.282 e. The number of anilines is 1. The number of hydrogen-bond donors (Lipinski definition) is 1. The Bertz CT molecular complexity index is 736. The van der Waals surface area contributed by atoms with Gasteiger partial charge in [-0.25, -0.2) is 4.68 Å². The summed E-state index contributed by atoms with van der Waals surface area (Å²) in [5.74, 6) is 0. The third-order valence-electron chi connectivity index (χ3n) is 2.23.